The van der Waals surface area contributed by atoms with Gasteiger partial charge in [0.05, 0.1) is 18.3 Å². The van der Waals surface area contributed by atoms with Gasteiger partial charge < -0.3 is 15.1 Å². The van der Waals surface area contributed by atoms with Crippen molar-refractivity contribution in [1.82, 2.24) is 34.6 Å². The van der Waals surface area contributed by atoms with E-state index >= 15 is 0 Å². The second-order valence-electron chi connectivity index (χ2n) is 10.4. The van der Waals surface area contributed by atoms with Gasteiger partial charge in [0.1, 0.15) is 5.82 Å². The van der Waals surface area contributed by atoms with Gasteiger partial charge in [-0.05, 0) is 65.2 Å². The van der Waals surface area contributed by atoms with Crippen molar-refractivity contribution in [3.63, 3.8) is 0 Å². The molecule has 1 atom stereocenters. The van der Waals surface area contributed by atoms with Crippen LogP contribution in [0.5, 0.6) is 0 Å². The van der Waals surface area contributed by atoms with Crippen LogP contribution in [-0.2, 0) is 30.0 Å². The average molecular weight is 536 g/mol. The molecule has 0 aliphatic heterocycles. The molecule has 0 saturated heterocycles. The highest BCUT2D eigenvalue weighted by Gasteiger charge is 2.25. The Morgan fingerprint density at radius 2 is 1.78 bits per heavy atom. The number of nitrogens with one attached hydrogen (secondary N) is 2. The summed E-state index contributed by atoms with van der Waals surface area (Å²) in [5.41, 5.74) is 0.755. The molecule has 0 fully saturated rings. The monoisotopic (exact) mass is 535 g/mol. The number of benzene rings is 1. The number of aryl methyl sites for hydroxylation is 2. The summed E-state index contributed by atoms with van der Waals surface area (Å²) in [6.07, 6.45) is 1.75. The van der Waals surface area contributed by atoms with Gasteiger partial charge in [0, 0.05) is 19.6 Å². The molecular weight excluding hydrogens is 490 g/mol. The Hall–Kier alpha value is -2.50. The molecule has 11 heteroatoms. The molecule has 2 amide bonds. The smallest absolute Gasteiger partial charge is 0.317 e. The molecule has 0 aliphatic rings. The maximum atomic E-state index is 13.0. The van der Waals surface area contributed by atoms with Crippen molar-refractivity contribution in [3.05, 3.63) is 47.5 Å². The Bertz CT molecular complexity index is 1080. The fraction of sp³-hybridized carbons (Fsp3) is 0.654. The Balaban J connectivity index is 2.18. The zero-order valence-electron chi connectivity index (χ0n) is 23.5. The minimum absolute atomic E-state index is 0.0424. The lowest BCUT2D eigenvalue weighted by molar-refractivity contribution is 0.195. The van der Waals surface area contributed by atoms with E-state index in [0.717, 1.165) is 25.2 Å². The predicted octanol–water partition coefficient (Wildman–Crippen LogP) is 3.08. The standard InChI is InChI=1S/C26H45N7O3S/c1-8-33(9-2)18-13-19-37(35,36)30-22(17-16-21-14-11-10-12-15-21)24-27-23(32(7)29-24)20-31(6)25(34)28-26(3,4)5/h10-12,14-15,22,30H,8-9,13,16-20H2,1-7H3,(H,28,34)/t22-/m1/s1. The average Bonchev–Trinajstić information content (AvgIpc) is 3.19. The normalized spacial score (nSPS) is 13.1. The van der Waals surface area contributed by atoms with Crippen LogP contribution < -0.4 is 10.0 Å². The summed E-state index contributed by atoms with van der Waals surface area (Å²) in [6.45, 7) is 12.7. The lowest BCUT2D eigenvalue weighted by Crippen LogP contribution is -2.47. The molecule has 1 aromatic carbocycles. The summed E-state index contributed by atoms with van der Waals surface area (Å²) in [5, 5.41) is 7.47. The highest BCUT2D eigenvalue weighted by molar-refractivity contribution is 7.89. The lowest BCUT2D eigenvalue weighted by atomic mass is 10.1. The first-order chi connectivity index (χ1) is 17.3. The maximum absolute atomic E-state index is 13.0. The fourth-order valence-corrected chi connectivity index (χ4v) is 5.20. The number of carbonyl (C=O) groups excluding carboxylic acids is 1. The van der Waals surface area contributed by atoms with E-state index in [2.05, 4.69) is 38.9 Å². The van der Waals surface area contributed by atoms with Crippen LogP contribution in [0.4, 0.5) is 4.79 Å². The van der Waals surface area contributed by atoms with Gasteiger partial charge in [0.2, 0.25) is 10.0 Å². The second-order valence-corrected chi connectivity index (χ2v) is 12.3. The van der Waals surface area contributed by atoms with Gasteiger partial charge in [-0.25, -0.2) is 22.9 Å². The molecule has 37 heavy (non-hydrogen) atoms. The topological polar surface area (TPSA) is 112 Å². The molecule has 2 aromatic rings. The summed E-state index contributed by atoms with van der Waals surface area (Å²) in [4.78, 5) is 20.9. The van der Waals surface area contributed by atoms with Crippen molar-refractivity contribution >= 4 is 16.1 Å². The number of aromatic nitrogens is 3. The molecule has 1 aromatic heterocycles. The van der Waals surface area contributed by atoms with E-state index in [9.17, 15) is 13.2 Å². The van der Waals surface area contributed by atoms with E-state index in [1.807, 2.05) is 51.1 Å². The van der Waals surface area contributed by atoms with Crippen LogP contribution in [0.15, 0.2) is 30.3 Å². The number of urea groups is 1. The van der Waals surface area contributed by atoms with E-state index < -0.39 is 16.1 Å². The number of sulfonamides is 1. The highest BCUT2D eigenvalue weighted by atomic mass is 32.2. The Labute approximate surface area is 222 Å². The summed E-state index contributed by atoms with van der Waals surface area (Å²) in [7, 11) is -0.0928. The van der Waals surface area contributed by atoms with Crippen LogP contribution in [-0.4, -0.2) is 77.0 Å². The largest absolute Gasteiger partial charge is 0.333 e. The predicted molar refractivity (Wildman–Crippen MR) is 148 cm³/mol. The summed E-state index contributed by atoms with van der Waals surface area (Å²) in [6, 6.07) is 9.15. The molecule has 0 radical (unpaired) electrons. The van der Waals surface area contributed by atoms with Gasteiger partial charge in [-0.1, -0.05) is 44.2 Å². The zero-order valence-corrected chi connectivity index (χ0v) is 24.3. The molecule has 0 saturated carbocycles. The van der Waals surface area contributed by atoms with Crippen molar-refractivity contribution in [1.29, 1.82) is 0 Å². The summed E-state index contributed by atoms with van der Waals surface area (Å²) < 4.78 is 30.5. The number of nitrogens with zero attached hydrogens (tertiary/aromatic N) is 5. The first kappa shape index (κ1) is 30.7. The lowest BCUT2D eigenvalue weighted by Gasteiger charge is -2.25. The maximum Gasteiger partial charge on any atom is 0.317 e. The first-order valence-electron chi connectivity index (χ1n) is 13.0. The SMILES string of the molecule is CCN(CC)CCCS(=O)(=O)N[C@H](CCc1ccccc1)c1nc(CN(C)C(=O)NC(C)(C)C)n(C)n1. The van der Waals surface area contributed by atoms with Crippen LogP contribution >= 0.6 is 0 Å². The molecule has 0 aliphatic carbocycles. The van der Waals surface area contributed by atoms with E-state index in [0.29, 0.717) is 30.9 Å². The van der Waals surface area contributed by atoms with Crippen LogP contribution in [0.25, 0.3) is 0 Å². The van der Waals surface area contributed by atoms with Gasteiger partial charge in [0.25, 0.3) is 0 Å². The quantitative estimate of drug-likeness (QED) is 0.385. The van der Waals surface area contributed by atoms with Gasteiger partial charge in [0.15, 0.2) is 5.82 Å². The van der Waals surface area contributed by atoms with Crippen LogP contribution in [0.2, 0.25) is 0 Å². The van der Waals surface area contributed by atoms with Gasteiger partial charge in [-0.15, -0.1) is 0 Å². The van der Waals surface area contributed by atoms with E-state index in [1.54, 1.807) is 18.8 Å². The number of amides is 2. The third kappa shape index (κ3) is 10.8. The molecule has 10 nitrogen and oxygen atoms in total. The van der Waals surface area contributed by atoms with E-state index in [1.165, 1.54) is 4.90 Å². The number of rotatable bonds is 14. The van der Waals surface area contributed by atoms with Crippen molar-refractivity contribution in [2.45, 2.75) is 72.0 Å². The van der Waals surface area contributed by atoms with Crippen molar-refractivity contribution in [2.75, 3.05) is 32.4 Å². The van der Waals surface area contributed by atoms with Crippen molar-refractivity contribution in [2.24, 2.45) is 7.05 Å². The Kier molecular flexibility index (Phi) is 11.5. The highest BCUT2D eigenvalue weighted by Crippen LogP contribution is 2.19. The van der Waals surface area contributed by atoms with Gasteiger partial charge in [-0.3, -0.25) is 4.68 Å². The van der Waals surface area contributed by atoms with Gasteiger partial charge in [-0.2, -0.15) is 5.10 Å². The molecule has 2 rings (SSSR count). The second kappa shape index (κ2) is 13.9. The zero-order chi connectivity index (χ0) is 27.6. The third-order valence-corrected chi connectivity index (χ3v) is 7.53. The molecule has 0 bridgehead atoms. The molecular formula is C26H45N7O3S. The van der Waals surface area contributed by atoms with E-state index in [-0.39, 0.29) is 23.9 Å². The molecule has 2 N–H and O–H groups in total. The van der Waals surface area contributed by atoms with Crippen LogP contribution in [0.3, 0.4) is 0 Å². The van der Waals surface area contributed by atoms with Crippen molar-refractivity contribution in [3.8, 4) is 0 Å². The summed E-state index contributed by atoms with van der Waals surface area (Å²) >= 11 is 0. The number of carbonyl (C=O) groups is 1. The number of hydrogen-bond acceptors (Lipinski definition) is 6. The van der Waals surface area contributed by atoms with Crippen LogP contribution in [0.1, 0.15) is 70.7 Å². The third-order valence-electron chi connectivity index (χ3n) is 6.06. The molecule has 0 spiro atoms. The Morgan fingerprint density at radius 1 is 1.14 bits per heavy atom. The molecule has 1 heterocycles. The molecule has 208 valence electrons. The Morgan fingerprint density at radius 3 is 2.38 bits per heavy atom. The number of hydrogen-bond donors (Lipinski definition) is 2. The summed E-state index contributed by atoms with van der Waals surface area (Å²) in [5.74, 6) is 1.03. The van der Waals surface area contributed by atoms with Crippen molar-refractivity contribution < 1.29 is 13.2 Å². The van der Waals surface area contributed by atoms with Crippen LogP contribution in [0, 0.1) is 0 Å². The minimum Gasteiger partial charge on any atom is -0.333 e. The fourth-order valence-electron chi connectivity index (χ4n) is 3.91. The minimum atomic E-state index is -3.55. The molecule has 0 unspecified atom stereocenters. The van der Waals surface area contributed by atoms with Gasteiger partial charge >= 0.3 is 6.03 Å². The first-order valence-corrected chi connectivity index (χ1v) is 14.7. The van der Waals surface area contributed by atoms with E-state index in [4.69, 9.17) is 0 Å².